The number of methoxy groups -OCH3 is 1. The number of likely N-dealkylation sites (tertiary alicyclic amines) is 2. The highest BCUT2D eigenvalue weighted by atomic mass is 32.1. The Morgan fingerprint density at radius 3 is 2.58 bits per heavy atom. The Labute approximate surface area is 160 Å². The van der Waals surface area contributed by atoms with Crippen molar-refractivity contribution >= 4 is 11.3 Å². The fourth-order valence-electron chi connectivity index (χ4n) is 4.81. The highest BCUT2D eigenvalue weighted by Crippen LogP contribution is 2.45. The maximum absolute atomic E-state index is 5.61. The molecule has 5 heteroatoms. The summed E-state index contributed by atoms with van der Waals surface area (Å²) in [5.41, 5.74) is 3.26. The van der Waals surface area contributed by atoms with Crippen molar-refractivity contribution in [2.45, 2.75) is 25.9 Å². The molecule has 2 aliphatic heterocycles. The molecule has 0 bridgehead atoms. The van der Waals surface area contributed by atoms with Crippen LogP contribution in [0.15, 0.2) is 41.4 Å². The van der Waals surface area contributed by atoms with Crippen molar-refractivity contribution in [3.8, 4) is 0 Å². The number of piperidine rings is 1. The third-order valence-corrected chi connectivity index (χ3v) is 6.98. The minimum absolute atomic E-state index is 0.431. The minimum atomic E-state index is 0.431. The van der Waals surface area contributed by atoms with Gasteiger partial charge in [-0.3, -0.25) is 14.8 Å². The molecule has 0 unspecified atom stereocenters. The van der Waals surface area contributed by atoms with Crippen LogP contribution >= 0.6 is 11.3 Å². The highest BCUT2D eigenvalue weighted by molar-refractivity contribution is 7.07. The highest BCUT2D eigenvalue weighted by Gasteiger charge is 2.47. The summed E-state index contributed by atoms with van der Waals surface area (Å²) in [4.78, 5) is 9.39. The van der Waals surface area contributed by atoms with E-state index in [1.807, 2.05) is 19.5 Å². The van der Waals surface area contributed by atoms with E-state index in [-0.39, 0.29) is 0 Å². The fraction of sp³-hybridized carbons (Fsp3) is 0.571. The molecule has 2 fully saturated rings. The van der Waals surface area contributed by atoms with E-state index in [0.29, 0.717) is 11.3 Å². The van der Waals surface area contributed by atoms with Gasteiger partial charge in [0.05, 0.1) is 6.61 Å². The summed E-state index contributed by atoms with van der Waals surface area (Å²) in [7, 11) is 1.85. The van der Waals surface area contributed by atoms with Gasteiger partial charge in [0.15, 0.2) is 0 Å². The number of rotatable bonds is 6. The van der Waals surface area contributed by atoms with Gasteiger partial charge in [0.1, 0.15) is 0 Å². The Morgan fingerprint density at radius 1 is 1.12 bits per heavy atom. The molecule has 4 rings (SSSR count). The Morgan fingerprint density at radius 2 is 1.88 bits per heavy atom. The lowest BCUT2D eigenvalue weighted by Gasteiger charge is -2.42. The summed E-state index contributed by atoms with van der Waals surface area (Å²) in [6.45, 7) is 7.81. The second-order valence-electron chi connectivity index (χ2n) is 7.95. The lowest BCUT2D eigenvalue weighted by Crippen LogP contribution is -2.44. The van der Waals surface area contributed by atoms with Crippen LogP contribution in [0.2, 0.25) is 0 Å². The summed E-state index contributed by atoms with van der Waals surface area (Å²) in [6, 6.07) is 6.53. The third kappa shape index (κ3) is 4.01. The zero-order chi connectivity index (χ0) is 17.8. The standard InChI is InChI=1S/C21H29N3OS/c1-25-15-20-14-24(13-19-4-11-26-16-19)17-21(20)5-9-23(10-6-21)12-18-2-7-22-8-3-18/h2-4,7-8,11,16,20H,5-6,9-10,12-15,17H2,1H3/t20-/m1/s1. The molecule has 26 heavy (non-hydrogen) atoms. The molecule has 1 atom stereocenters. The van der Waals surface area contributed by atoms with Gasteiger partial charge in [0.25, 0.3) is 0 Å². The number of nitrogens with zero attached hydrogens (tertiary/aromatic N) is 3. The van der Waals surface area contributed by atoms with E-state index in [9.17, 15) is 0 Å². The topological polar surface area (TPSA) is 28.6 Å². The molecule has 2 aliphatic rings. The van der Waals surface area contributed by atoms with E-state index in [4.69, 9.17) is 4.74 Å². The average Bonchev–Trinajstić information content (AvgIpc) is 3.28. The maximum atomic E-state index is 5.61. The largest absolute Gasteiger partial charge is 0.384 e. The van der Waals surface area contributed by atoms with Gasteiger partial charge in [0.2, 0.25) is 0 Å². The third-order valence-electron chi connectivity index (χ3n) is 6.24. The number of hydrogen-bond acceptors (Lipinski definition) is 5. The molecule has 2 aromatic heterocycles. The zero-order valence-corrected chi connectivity index (χ0v) is 16.5. The lowest BCUT2D eigenvalue weighted by molar-refractivity contribution is 0.0350. The fourth-order valence-corrected chi connectivity index (χ4v) is 5.47. The van der Waals surface area contributed by atoms with Crippen molar-refractivity contribution in [3.63, 3.8) is 0 Å². The average molecular weight is 372 g/mol. The van der Waals surface area contributed by atoms with Crippen LogP contribution in [0.25, 0.3) is 0 Å². The molecular weight excluding hydrogens is 342 g/mol. The second kappa shape index (κ2) is 8.17. The van der Waals surface area contributed by atoms with E-state index >= 15 is 0 Å². The number of ether oxygens (including phenoxy) is 1. The van der Waals surface area contributed by atoms with Gasteiger partial charge in [0, 0.05) is 51.6 Å². The molecule has 0 N–H and O–H groups in total. The number of thiophene rings is 1. The molecule has 0 amide bonds. The lowest BCUT2D eigenvalue weighted by atomic mass is 9.71. The summed E-state index contributed by atoms with van der Waals surface area (Å²) in [5.74, 6) is 0.661. The van der Waals surface area contributed by atoms with Crippen molar-refractivity contribution < 1.29 is 4.74 Å². The van der Waals surface area contributed by atoms with Crippen molar-refractivity contribution in [2.75, 3.05) is 39.9 Å². The van der Waals surface area contributed by atoms with E-state index < -0.39 is 0 Å². The number of hydrogen-bond donors (Lipinski definition) is 0. The van der Waals surface area contributed by atoms with Crippen molar-refractivity contribution in [2.24, 2.45) is 11.3 Å². The van der Waals surface area contributed by atoms with Crippen molar-refractivity contribution in [1.82, 2.24) is 14.8 Å². The predicted molar refractivity (Wildman–Crippen MR) is 106 cm³/mol. The van der Waals surface area contributed by atoms with Gasteiger partial charge < -0.3 is 4.74 Å². The monoisotopic (exact) mass is 371 g/mol. The van der Waals surface area contributed by atoms with Gasteiger partial charge in [-0.25, -0.2) is 0 Å². The van der Waals surface area contributed by atoms with Crippen molar-refractivity contribution in [3.05, 3.63) is 52.5 Å². The zero-order valence-electron chi connectivity index (χ0n) is 15.6. The smallest absolute Gasteiger partial charge is 0.0508 e. The van der Waals surface area contributed by atoms with Crippen LogP contribution in [0.1, 0.15) is 24.0 Å². The molecule has 0 aliphatic carbocycles. The minimum Gasteiger partial charge on any atom is -0.384 e. The van der Waals surface area contributed by atoms with Gasteiger partial charge in [-0.1, -0.05) is 0 Å². The van der Waals surface area contributed by atoms with Gasteiger partial charge >= 0.3 is 0 Å². The Balaban J connectivity index is 1.38. The Hall–Kier alpha value is -1.27. The molecule has 140 valence electrons. The molecule has 2 aromatic rings. The summed E-state index contributed by atoms with van der Waals surface area (Å²) in [5, 5.41) is 4.47. The van der Waals surface area contributed by atoms with Crippen LogP contribution in [0.5, 0.6) is 0 Å². The van der Waals surface area contributed by atoms with Crippen LogP contribution in [-0.2, 0) is 17.8 Å². The first-order valence-electron chi connectivity index (χ1n) is 9.61. The number of aromatic nitrogens is 1. The van der Waals surface area contributed by atoms with E-state index in [1.165, 1.54) is 50.1 Å². The Bertz CT molecular complexity index is 668. The first-order valence-corrected chi connectivity index (χ1v) is 10.6. The van der Waals surface area contributed by atoms with Crippen LogP contribution in [0, 0.1) is 11.3 Å². The van der Waals surface area contributed by atoms with Gasteiger partial charge in [-0.15, -0.1) is 0 Å². The molecule has 0 saturated carbocycles. The molecule has 4 nitrogen and oxygen atoms in total. The summed E-state index contributed by atoms with van der Waals surface area (Å²) < 4.78 is 5.61. The molecular formula is C21H29N3OS. The first kappa shape index (κ1) is 18.1. The van der Waals surface area contributed by atoms with Crippen LogP contribution in [0.3, 0.4) is 0 Å². The Kier molecular flexibility index (Phi) is 5.69. The van der Waals surface area contributed by atoms with Crippen molar-refractivity contribution in [1.29, 1.82) is 0 Å². The maximum Gasteiger partial charge on any atom is 0.0508 e. The normalized spacial score (nSPS) is 23.7. The van der Waals surface area contributed by atoms with Crippen LogP contribution < -0.4 is 0 Å². The van der Waals surface area contributed by atoms with E-state index in [0.717, 1.165) is 19.7 Å². The van der Waals surface area contributed by atoms with Gasteiger partial charge in [-0.2, -0.15) is 11.3 Å². The molecule has 1 spiro atoms. The second-order valence-corrected chi connectivity index (χ2v) is 8.73. The number of pyridine rings is 1. The molecule has 2 saturated heterocycles. The first-order chi connectivity index (χ1) is 12.8. The van der Waals surface area contributed by atoms with E-state index in [1.54, 1.807) is 11.3 Å². The van der Waals surface area contributed by atoms with Gasteiger partial charge in [-0.05, 0) is 71.4 Å². The van der Waals surface area contributed by atoms with Crippen LogP contribution in [0.4, 0.5) is 0 Å². The molecule has 0 radical (unpaired) electrons. The predicted octanol–water partition coefficient (Wildman–Crippen LogP) is 3.50. The SMILES string of the molecule is COC[C@H]1CN(Cc2ccsc2)CC12CCN(Cc1ccncc1)CC2. The molecule has 4 heterocycles. The summed E-state index contributed by atoms with van der Waals surface area (Å²) in [6.07, 6.45) is 6.36. The van der Waals surface area contributed by atoms with E-state index in [2.05, 4.69) is 43.7 Å². The van der Waals surface area contributed by atoms with Crippen LogP contribution in [-0.4, -0.2) is 54.7 Å². The quantitative estimate of drug-likeness (QED) is 0.777. The molecule has 0 aromatic carbocycles. The summed E-state index contributed by atoms with van der Waals surface area (Å²) >= 11 is 1.80.